The summed E-state index contributed by atoms with van der Waals surface area (Å²) < 4.78 is 0. The molecule has 120 valence electrons. The summed E-state index contributed by atoms with van der Waals surface area (Å²) in [4.78, 5) is 11.7. The summed E-state index contributed by atoms with van der Waals surface area (Å²) in [5.41, 5.74) is 6.12. The zero-order chi connectivity index (χ0) is 16.8. The molecule has 0 aliphatic heterocycles. The molecule has 3 aromatic rings. The molecular formula is C19H21NO3. The summed E-state index contributed by atoms with van der Waals surface area (Å²) in [6, 6.07) is 17.7. The second-order valence-corrected chi connectivity index (χ2v) is 5.42. The van der Waals surface area contributed by atoms with Crippen LogP contribution < -0.4 is 5.73 Å². The zero-order valence-electron chi connectivity index (χ0n) is 13.1. The van der Waals surface area contributed by atoms with E-state index in [2.05, 4.69) is 6.07 Å². The third-order valence-corrected chi connectivity index (χ3v) is 3.56. The van der Waals surface area contributed by atoms with Crippen molar-refractivity contribution >= 4 is 27.5 Å². The summed E-state index contributed by atoms with van der Waals surface area (Å²) in [6.07, 6.45) is 0.134. The molecule has 3 rings (SSSR count). The molecule has 0 bridgehead atoms. The highest BCUT2D eigenvalue weighted by Gasteiger charge is 2.11. The summed E-state index contributed by atoms with van der Waals surface area (Å²) in [6.45, 7) is 1.73. The Morgan fingerprint density at radius 2 is 1.52 bits per heavy atom. The van der Waals surface area contributed by atoms with Crippen LogP contribution in [0.3, 0.4) is 0 Å². The van der Waals surface area contributed by atoms with Crippen molar-refractivity contribution in [2.45, 2.75) is 19.4 Å². The maximum absolute atomic E-state index is 11.7. The van der Waals surface area contributed by atoms with E-state index in [-0.39, 0.29) is 18.6 Å². The van der Waals surface area contributed by atoms with Crippen LogP contribution in [0.4, 0.5) is 0 Å². The Balaban J connectivity index is 0.000000277. The molecule has 0 saturated heterocycles. The number of primary amides is 1. The molecule has 23 heavy (non-hydrogen) atoms. The van der Waals surface area contributed by atoms with E-state index in [1.165, 1.54) is 0 Å². The Labute approximate surface area is 135 Å². The zero-order valence-corrected chi connectivity index (χ0v) is 13.1. The number of amides is 1. The summed E-state index contributed by atoms with van der Waals surface area (Å²) >= 11 is 0. The molecule has 3 aromatic carbocycles. The van der Waals surface area contributed by atoms with E-state index in [1.807, 2.05) is 48.5 Å². The van der Waals surface area contributed by atoms with Crippen molar-refractivity contribution in [1.29, 1.82) is 0 Å². The fraction of sp³-hybridized carbons (Fsp3) is 0.211. The maximum atomic E-state index is 11.7. The first kappa shape index (κ1) is 16.9. The van der Waals surface area contributed by atoms with Gasteiger partial charge in [0, 0.05) is 6.61 Å². The predicted molar refractivity (Wildman–Crippen MR) is 93.4 cm³/mol. The van der Waals surface area contributed by atoms with Crippen LogP contribution in [0.15, 0.2) is 54.6 Å². The molecule has 1 atom stereocenters. The predicted octanol–water partition coefficient (Wildman–Crippen LogP) is 2.84. The quantitative estimate of drug-likeness (QED) is 0.650. The molecule has 4 nitrogen and oxygen atoms in total. The largest absolute Gasteiger partial charge is 0.396 e. The molecule has 4 heteroatoms. The first-order valence-electron chi connectivity index (χ1n) is 7.53. The SMILES string of the molecule is CC(O)CCO.NC(=O)c1c2ccccc2cc2ccccc12. The normalized spacial score (nSPS) is 11.8. The molecule has 1 unspecified atom stereocenters. The van der Waals surface area contributed by atoms with Crippen molar-refractivity contribution in [3.63, 3.8) is 0 Å². The van der Waals surface area contributed by atoms with Gasteiger partial charge in [0.25, 0.3) is 0 Å². The van der Waals surface area contributed by atoms with Crippen LogP contribution in [0.1, 0.15) is 23.7 Å². The number of fused-ring (bicyclic) bond motifs is 2. The Kier molecular flexibility index (Phi) is 5.68. The Bertz CT molecular complexity index is 758. The van der Waals surface area contributed by atoms with Gasteiger partial charge in [0.05, 0.1) is 11.7 Å². The molecule has 4 N–H and O–H groups in total. The second kappa shape index (κ2) is 7.72. The first-order valence-corrected chi connectivity index (χ1v) is 7.53. The average molecular weight is 311 g/mol. The molecule has 0 saturated carbocycles. The second-order valence-electron chi connectivity index (χ2n) is 5.42. The van der Waals surface area contributed by atoms with Gasteiger partial charge in [-0.3, -0.25) is 4.79 Å². The molecule has 0 aliphatic rings. The average Bonchev–Trinajstić information content (AvgIpc) is 2.52. The minimum Gasteiger partial charge on any atom is -0.396 e. The van der Waals surface area contributed by atoms with Crippen molar-refractivity contribution in [3.05, 3.63) is 60.2 Å². The standard InChI is InChI=1S/C15H11NO.C4H10O2/c16-15(17)14-12-7-3-1-5-10(12)9-11-6-2-4-8-13(11)14;1-4(6)2-3-5/h1-9H,(H2,16,17);4-6H,2-3H2,1H3. The van der Waals surface area contributed by atoms with Gasteiger partial charge in [0.2, 0.25) is 5.91 Å². The third kappa shape index (κ3) is 4.06. The Morgan fingerprint density at radius 3 is 1.87 bits per heavy atom. The fourth-order valence-electron chi connectivity index (χ4n) is 2.47. The number of benzene rings is 3. The minimum atomic E-state index is -0.377. The van der Waals surface area contributed by atoms with Crippen LogP contribution in [0.5, 0.6) is 0 Å². The van der Waals surface area contributed by atoms with Gasteiger partial charge in [-0.2, -0.15) is 0 Å². The van der Waals surface area contributed by atoms with Crippen molar-refractivity contribution in [1.82, 2.24) is 0 Å². The number of carbonyl (C=O) groups is 1. The number of aliphatic hydroxyl groups excluding tert-OH is 2. The van der Waals surface area contributed by atoms with Gasteiger partial charge >= 0.3 is 0 Å². The molecule has 0 aromatic heterocycles. The van der Waals surface area contributed by atoms with Gasteiger partial charge < -0.3 is 15.9 Å². The number of carbonyl (C=O) groups excluding carboxylic acids is 1. The Hall–Kier alpha value is -2.43. The van der Waals surface area contributed by atoms with Crippen molar-refractivity contribution < 1.29 is 15.0 Å². The molecule has 0 aliphatic carbocycles. The molecule has 0 heterocycles. The molecular weight excluding hydrogens is 290 g/mol. The minimum absolute atomic E-state index is 0.0810. The maximum Gasteiger partial charge on any atom is 0.249 e. The van der Waals surface area contributed by atoms with Crippen LogP contribution in [-0.2, 0) is 0 Å². The topological polar surface area (TPSA) is 83.6 Å². The number of aliphatic hydroxyl groups is 2. The monoisotopic (exact) mass is 311 g/mol. The van der Waals surface area contributed by atoms with Crippen molar-refractivity contribution in [3.8, 4) is 0 Å². The summed E-state index contributed by atoms with van der Waals surface area (Å²) in [5, 5.41) is 20.4. The van der Waals surface area contributed by atoms with E-state index in [0.717, 1.165) is 21.5 Å². The lowest BCUT2D eigenvalue weighted by Gasteiger charge is -2.08. The highest BCUT2D eigenvalue weighted by molar-refractivity contribution is 6.17. The van der Waals surface area contributed by atoms with Crippen molar-refractivity contribution in [2.75, 3.05) is 6.61 Å². The molecule has 1 amide bonds. The van der Waals surface area contributed by atoms with Crippen LogP contribution in [0, 0.1) is 0 Å². The van der Waals surface area contributed by atoms with Gasteiger partial charge in [0.1, 0.15) is 0 Å². The summed E-state index contributed by atoms with van der Waals surface area (Å²) in [7, 11) is 0. The highest BCUT2D eigenvalue weighted by Crippen LogP contribution is 2.27. The van der Waals surface area contributed by atoms with Crippen LogP contribution in [0.2, 0.25) is 0 Å². The van der Waals surface area contributed by atoms with E-state index >= 15 is 0 Å². The third-order valence-electron chi connectivity index (χ3n) is 3.56. The van der Waals surface area contributed by atoms with Gasteiger partial charge in [-0.1, -0.05) is 48.5 Å². The Morgan fingerprint density at radius 1 is 1.04 bits per heavy atom. The van der Waals surface area contributed by atoms with Gasteiger partial charge in [0.15, 0.2) is 0 Å². The van der Waals surface area contributed by atoms with Crippen LogP contribution >= 0.6 is 0 Å². The smallest absolute Gasteiger partial charge is 0.249 e. The van der Waals surface area contributed by atoms with E-state index < -0.39 is 0 Å². The number of nitrogens with two attached hydrogens (primary N) is 1. The molecule has 0 spiro atoms. The van der Waals surface area contributed by atoms with Gasteiger partial charge in [-0.15, -0.1) is 0 Å². The lowest BCUT2D eigenvalue weighted by molar-refractivity contribution is 0.100. The van der Waals surface area contributed by atoms with Crippen molar-refractivity contribution in [2.24, 2.45) is 5.73 Å². The number of hydrogen-bond acceptors (Lipinski definition) is 3. The number of hydrogen-bond donors (Lipinski definition) is 3. The highest BCUT2D eigenvalue weighted by atomic mass is 16.3. The summed E-state index contributed by atoms with van der Waals surface area (Å²) in [5.74, 6) is -0.377. The van der Waals surface area contributed by atoms with Crippen LogP contribution in [0.25, 0.3) is 21.5 Å². The lowest BCUT2D eigenvalue weighted by atomic mass is 9.96. The lowest BCUT2D eigenvalue weighted by Crippen LogP contribution is -2.12. The van der Waals surface area contributed by atoms with Gasteiger partial charge in [-0.05, 0) is 41.0 Å². The fourth-order valence-corrected chi connectivity index (χ4v) is 2.47. The number of rotatable bonds is 3. The van der Waals surface area contributed by atoms with E-state index in [4.69, 9.17) is 15.9 Å². The van der Waals surface area contributed by atoms with Gasteiger partial charge in [-0.25, -0.2) is 0 Å². The first-order chi connectivity index (χ1) is 11.0. The molecule has 0 radical (unpaired) electrons. The molecule has 0 fully saturated rings. The van der Waals surface area contributed by atoms with E-state index in [9.17, 15) is 4.79 Å². The van der Waals surface area contributed by atoms with E-state index in [0.29, 0.717) is 12.0 Å². The van der Waals surface area contributed by atoms with Crippen LogP contribution in [-0.4, -0.2) is 28.8 Å². The van der Waals surface area contributed by atoms with E-state index in [1.54, 1.807) is 6.92 Å².